The first kappa shape index (κ1) is 15.5. The van der Waals surface area contributed by atoms with E-state index in [1.807, 2.05) is 23.1 Å². The third kappa shape index (κ3) is 6.27. The number of thioether (sulfide) groups is 1. The van der Waals surface area contributed by atoms with E-state index in [0.29, 0.717) is 10.8 Å². The third-order valence-corrected chi connectivity index (χ3v) is 5.72. The molecule has 1 heterocycles. The summed E-state index contributed by atoms with van der Waals surface area (Å²) >= 11 is 7.49. The fourth-order valence-electron chi connectivity index (χ4n) is 1.52. The number of likely N-dealkylation sites (N-methyl/N-ethyl adjacent to an activating group) is 1. The van der Waals surface area contributed by atoms with Crippen LogP contribution in [-0.2, 0) is 6.42 Å². The van der Waals surface area contributed by atoms with E-state index in [-0.39, 0.29) is 0 Å². The van der Waals surface area contributed by atoms with Gasteiger partial charge in [-0.1, -0.05) is 27.7 Å². The van der Waals surface area contributed by atoms with Gasteiger partial charge in [0.15, 0.2) is 0 Å². The summed E-state index contributed by atoms with van der Waals surface area (Å²) in [6, 6.07) is 2.71. The third-order valence-electron chi connectivity index (χ3n) is 2.33. The Hall–Kier alpha value is 0.490. The summed E-state index contributed by atoms with van der Waals surface area (Å²) in [5.74, 6) is 1.17. The lowest BCUT2D eigenvalue weighted by molar-refractivity contribution is 0.573. The molecule has 0 spiro atoms. The zero-order chi connectivity index (χ0) is 12.9. The van der Waals surface area contributed by atoms with Gasteiger partial charge in [-0.05, 0) is 40.3 Å². The summed E-state index contributed by atoms with van der Waals surface area (Å²) in [7, 11) is 0. The predicted octanol–water partition coefficient (Wildman–Crippen LogP) is 4.56. The van der Waals surface area contributed by atoms with Crippen LogP contribution in [0.2, 0.25) is 0 Å². The maximum atomic E-state index is 3.61. The van der Waals surface area contributed by atoms with Crippen molar-refractivity contribution in [3.8, 4) is 0 Å². The Labute approximate surface area is 122 Å². The molecule has 0 aliphatic carbocycles. The maximum Gasteiger partial charge on any atom is 0.0314 e. The molecular weight excluding hydrogens is 314 g/mol. The Balaban J connectivity index is 2.51. The van der Waals surface area contributed by atoms with Gasteiger partial charge in [-0.25, -0.2) is 0 Å². The van der Waals surface area contributed by atoms with Gasteiger partial charge >= 0.3 is 0 Å². The molecule has 4 heteroatoms. The summed E-state index contributed by atoms with van der Waals surface area (Å²) in [6.07, 6.45) is 1.12. The van der Waals surface area contributed by atoms with Gasteiger partial charge in [-0.3, -0.25) is 0 Å². The van der Waals surface area contributed by atoms with Gasteiger partial charge in [0.2, 0.25) is 0 Å². The second-order valence-electron chi connectivity index (χ2n) is 5.07. The SMILES string of the molecule is CCNC(CSC(C)(C)C)Cc1sccc1Br. The molecule has 0 saturated heterocycles. The molecule has 1 rings (SSSR count). The smallest absolute Gasteiger partial charge is 0.0314 e. The topological polar surface area (TPSA) is 12.0 Å². The molecule has 1 nitrogen and oxygen atoms in total. The van der Waals surface area contributed by atoms with Gasteiger partial charge in [0, 0.05) is 25.9 Å². The molecule has 0 bridgehead atoms. The highest BCUT2D eigenvalue weighted by Gasteiger charge is 2.16. The molecule has 1 atom stereocenters. The van der Waals surface area contributed by atoms with Crippen molar-refractivity contribution in [3.63, 3.8) is 0 Å². The molecule has 1 aromatic rings. The molecule has 0 amide bonds. The van der Waals surface area contributed by atoms with E-state index in [1.54, 1.807) is 0 Å². The quantitative estimate of drug-likeness (QED) is 0.817. The van der Waals surface area contributed by atoms with Crippen LogP contribution in [0.4, 0.5) is 0 Å². The van der Waals surface area contributed by atoms with Crippen molar-refractivity contribution >= 4 is 39.0 Å². The molecule has 0 saturated carbocycles. The van der Waals surface area contributed by atoms with Crippen LogP contribution in [0.3, 0.4) is 0 Å². The van der Waals surface area contributed by atoms with Gasteiger partial charge in [0.1, 0.15) is 0 Å². The minimum atomic E-state index is 0.348. The summed E-state index contributed by atoms with van der Waals surface area (Å²) in [6.45, 7) is 10.1. The Bertz CT molecular complexity index is 330. The average molecular weight is 336 g/mol. The Morgan fingerprint density at radius 3 is 2.65 bits per heavy atom. The zero-order valence-corrected chi connectivity index (χ0v) is 14.3. The van der Waals surface area contributed by atoms with Crippen LogP contribution in [0.1, 0.15) is 32.6 Å². The van der Waals surface area contributed by atoms with Crippen molar-refractivity contribution in [3.05, 3.63) is 20.8 Å². The number of rotatable bonds is 6. The van der Waals surface area contributed by atoms with E-state index in [4.69, 9.17) is 0 Å². The Kier molecular flexibility index (Phi) is 6.56. The molecular formula is C13H22BrNS2. The van der Waals surface area contributed by atoms with Crippen molar-refractivity contribution in [2.24, 2.45) is 0 Å². The number of hydrogen-bond donors (Lipinski definition) is 1. The lowest BCUT2D eigenvalue weighted by Gasteiger charge is -2.23. The van der Waals surface area contributed by atoms with E-state index in [1.165, 1.54) is 15.1 Å². The lowest BCUT2D eigenvalue weighted by Crippen LogP contribution is -2.34. The number of hydrogen-bond acceptors (Lipinski definition) is 3. The van der Waals surface area contributed by atoms with Gasteiger partial charge in [0.25, 0.3) is 0 Å². The first-order valence-electron chi connectivity index (χ1n) is 6.01. The number of thiophene rings is 1. The summed E-state index contributed by atoms with van der Waals surface area (Å²) in [5, 5.41) is 5.74. The second kappa shape index (κ2) is 7.17. The fraction of sp³-hybridized carbons (Fsp3) is 0.692. The molecule has 0 aromatic carbocycles. The van der Waals surface area contributed by atoms with Gasteiger partial charge < -0.3 is 5.32 Å². The van der Waals surface area contributed by atoms with E-state index < -0.39 is 0 Å². The Morgan fingerprint density at radius 1 is 1.47 bits per heavy atom. The molecule has 1 unspecified atom stereocenters. The van der Waals surface area contributed by atoms with Gasteiger partial charge in [-0.15, -0.1) is 11.3 Å². The zero-order valence-electron chi connectivity index (χ0n) is 11.0. The molecule has 1 aromatic heterocycles. The van der Waals surface area contributed by atoms with Crippen molar-refractivity contribution < 1.29 is 0 Å². The molecule has 0 aliphatic rings. The highest BCUT2D eigenvalue weighted by molar-refractivity contribution is 9.10. The van der Waals surface area contributed by atoms with Crippen LogP contribution in [0.5, 0.6) is 0 Å². The van der Waals surface area contributed by atoms with Crippen molar-refractivity contribution in [2.75, 3.05) is 12.3 Å². The van der Waals surface area contributed by atoms with Crippen LogP contribution in [0.25, 0.3) is 0 Å². The molecule has 1 N–H and O–H groups in total. The first-order valence-corrected chi connectivity index (χ1v) is 8.67. The minimum Gasteiger partial charge on any atom is -0.313 e. The molecule has 0 fully saturated rings. The van der Waals surface area contributed by atoms with E-state index in [0.717, 1.165) is 13.0 Å². The van der Waals surface area contributed by atoms with Crippen molar-refractivity contribution in [1.82, 2.24) is 5.32 Å². The number of nitrogens with one attached hydrogen (secondary N) is 1. The van der Waals surface area contributed by atoms with E-state index in [2.05, 4.69) is 60.4 Å². The monoisotopic (exact) mass is 335 g/mol. The van der Waals surface area contributed by atoms with Crippen LogP contribution < -0.4 is 5.32 Å². The summed E-state index contributed by atoms with van der Waals surface area (Å²) in [4.78, 5) is 1.45. The maximum absolute atomic E-state index is 3.61. The van der Waals surface area contributed by atoms with Gasteiger partial charge in [0.05, 0.1) is 0 Å². The molecule has 0 radical (unpaired) electrons. The minimum absolute atomic E-state index is 0.348. The number of halogens is 1. The largest absolute Gasteiger partial charge is 0.313 e. The molecule has 17 heavy (non-hydrogen) atoms. The molecule has 0 aliphatic heterocycles. The van der Waals surface area contributed by atoms with Crippen LogP contribution in [0, 0.1) is 0 Å². The lowest BCUT2D eigenvalue weighted by atomic mass is 10.2. The van der Waals surface area contributed by atoms with Crippen molar-refractivity contribution in [1.29, 1.82) is 0 Å². The highest BCUT2D eigenvalue weighted by Crippen LogP contribution is 2.27. The van der Waals surface area contributed by atoms with E-state index in [9.17, 15) is 0 Å². The van der Waals surface area contributed by atoms with Crippen LogP contribution >= 0.6 is 39.0 Å². The molecule has 98 valence electrons. The van der Waals surface area contributed by atoms with Gasteiger partial charge in [-0.2, -0.15) is 11.8 Å². The average Bonchev–Trinajstić information content (AvgIpc) is 2.60. The summed E-state index contributed by atoms with van der Waals surface area (Å²) < 4.78 is 1.60. The predicted molar refractivity (Wildman–Crippen MR) is 85.4 cm³/mol. The Morgan fingerprint density at radius 2 is 2.18 bits per heavy atom. The van der Waals surface area contributed by atoms with Crippen LogP contribution in [-0.4, -0.2) is 23.1 Å². The standard InChI is InChI=1S/C13H22BrNS2/c1-5-15-10(9-17-13(2,3)4)8-12-11(14)6-7-16-12/h6-7,10,15H,5,8-9H2,1-4H3. The highest BCUT2D eigenvalue weighted by atomic mass is 79.9. The first-order chi connectivity index (χ1) is 7.92. The fourth-order valence-corrected chi connectivity index (χ4v) is 4.06. The van der Waals surface area contributed by atoms with Crippen LogP contribution in [0.15, 0.2) is 15.9 Å². The van der Waals surface area contributed by atoms with E-state index >= 15 is 0 Å². The second-order valence-corrected chi connectivity index (χ2v) is 8.78. The van der Waals surface area contributed by atoms with Crippen molar-refractivity contribution in [2.45, 2.75) is 44.9 Å². The summed E-state index contributed by atoms with van der Waals surface area (Å²) in [5.41, 5.74) is 0. The normalized spacial score (nSPS) is 13.9.